The summed E-state index contributed by atoms with van der Waals surface area (Å²) >= 11 is 0. The number of hydrogen-bond donors (Lipinski definition) is 2. The minimum atomic E-state index is -0.851. The highest BCUT2D eigenvalue weighted by molar-refractivity contribution is 5.85. The van der Waals surface area contributed by atoms with Crippen LogP contribution >= 0.6 is 0 Å². The average molecular weight is 236 g/mol. The number of hydrogen-bond acceptors (Lipinski definition) is 3. The van der Waals surface area contributed by atoms with Gasteiger partial charge >= 0.3 is 0 Å². The molecule has 0 aliphatic rings. The van der Waals surface area contributed by atoms with Crippen molar-refractivity contribution in [1.29, 1.82) is 0 Å². The fraction of sp³-hybridized carbons (Fsp3) is 0.462. The summed E-state index contributed by atoms with van der Waals surface area (Å²) in [7, 11) is 1.65. The van der Waals surface area contributed by atoms with Crippen LogP contribution in [0.25, 0.3) is 0 Å². The number of nitrogens with one attached hydrogen (secondary N) is 1. The van der Waals surface area contributed by atoms with Gasteiger partial charge in [-0.2, -0.15) is 0 Å². The Bertz CT molecular complexity index is 383. The van der Waals surface area contributed by atoms with Gasteiger partial charge in [-0.1, -0.05) is 24.3 Å². The topological polar surface area (TPSA) is 64.3 Å². The van der Waals surface area contributed by atoms with E-state index in [-0.39, 0.29) is 5.91 Å². The molecule has 4 nitrogen and oxygen atoms in total. The van der Waals surface area contributed by atoms with E-state index in [2.05, 4.69) is 5.32 Å². The first kappa shape index (κ1) is 13.7. The predicted octanol–water partition coefficient (Wildman–Crippen LogP) is 1.19. The number of amides is 1. The number of carbonyl (C=O) groups excluding carboxylic acids is 1. The molecule has 0 saturated heterocycles. The standard InChI is InChI=1S/C13H20N2O2/c1-13(2,14)12(16)15-8-10-6-4-5-7-11(10)9-17-3/h4-7H,8-9,14H2,1-3H3,(H,15,16). The highest BCUT2D eigenvalue weighted by atomic mass is 16.5. The van der Waals surface area contributed by atoms with Gasteiger partial charge in [-0.15, -0.1) is 0 Å². The Morgan fingerprint density at radius 3 is 2.47 bits per heavy atom. The predicted molar refractivity (Wildman–Crippen MR) is 67.3 cm³/mol. The number of rotatable bonds is 5. The molecule has 0 aliphatic carbocycles. The molecule has 4 heteroatoms. The molecule has 0 saturated carbocycles. The van der Waals surface area contributed by atoms with Crippen LogP contribution in [0, 0.1) is 0 Å². The minimum Gasteiger partial charge on any atom is -0.380 e. The van der Waals surface area contributed by atoms with Crippen molar-refractivity contribution in [2.75, 3.05) is 7.11 Å². The monoisotopic (exact) mass is 236 g/mol. The third kappa shape index (κ3) is 4.17. The second kappa shape index (κ2) is 5.80. The maximum atomic E-state index is 11.6. The van der Waals surface area contributed by atoms with Crippen LogP contribution < -0.4 is 11.1 Å². The molecular weight excluding hydrogens is 216 g/mol. The van der Waals surface area contributed by atoms with Crippen molar-refractivity contribution in [2.45, 2.75) is 32.5 Å². The molecule has 0 unspecified atom stereocenters. The molecule has 1 aromatic rings. The van der Waals surface area contributed by atoms with Gasteiger partial charge < -0.3 is 15.8 Å². The van der Waals surface area contributed by atoms with Gasteiger partial charge in [-0.05, 0) is 25.0 Å². The highest BCUT2D eigenvalue weighted by Crippen LogP contribution is 2.10. The van der Waals surface area contributed by atoms with Crippen molar-refractivity contribution in [3.8, 4) is 0 Å². The zero-order chi connectivity index (χ0) is 12.9. The molecule has 0 fully saturated rings. The molecule has 0 bridgehead atoms. The van der Waals surface area contributed by atoms with Crippen molar-refractivity contribution in [1.82, 2.24) is 5.32 Å². The Hall–Kier alpha value is -1.39. The lowest BCUT2D eigenvalue weighted by molar-refractivity contribution is -0.125. The molecule has 0 radical (unpaired) electrons. The fourth-order valence-electron chi connectivity index (χ4n) is 1.43. The largest absolute Gasteiger partial charge is 0.380 e. The molecule has 17 heavy (non-hydrogen) atoms. The normalized spacial score (nSPS) is 11.3. The van der Waals surface area contributed by atoms with Gasteiger partial charge in [0, 0.05) is 13.7 Å². The van der Waals surface area contributed by atoms with Gasteiger partial charge in [0.15, 0.2) is 0 Å². The summed E-state index contributed by atoms with van der Waals surface area (Å²) in [5.41, 5.74) is 6.97. The van der Waals surface area contributed by atoms with Gasteiger partial charge in [-0.3, -0.25) is 4.79 Å². The summed E-state index contributed by atoms with van der Waals surface area (Å²) in [6.07, 6.45) is 0. The SMILES string of the molecule is COCc1ccccc1CNC(=O)C(C)(C)N. The molecule has 1 aromatic carbocycles. The number of nitrogens with two attached hydrogens (primary N) is 1. The summed E-state index contributed by atoms with van der Waals surface area (Å²) in [6, 6.07) is 7.84. The van der Waals surface area contributed by atoms with E-state index in [1.807, 2.05) is 24.3 Å². The molecule has 0 aliphatic heterocycles. The lowest BCUT2D eigenvalue weighted by atomic mass is 10.1. The summed E-state index contributed by atoms with van der Waals surface area (Å²) in [5.74, 6) is -0.162. The Morgan fingerprint density at radius 1 is 1.35 bits per heavy atom. The minimum absolute atomic E-state index is 0.162. The summed E-state index contributed by atoms with van der Waals surface area (Å²) in [5, 5.41) is 2.82. The first-order valence-electron chi connectivity index (χ1n) is 5.58. The molecule has 3 N–H and O–H groups in total. The number of ether oxygens (including phenoxy) is 1. The molecule has 0 aromatic heterocycles. The lowest BCUT2D eigenvalue weighted by Crippen LogP contribution is -2.48. The van der Waals surface area contributed by atoms with Gasteiger partial charge in [-0.25, -0.2) is 0 Å². The van der Waals surface area contributed by atoms with Gasteiger partial charge in [0.1, 0.15) is 0 Å². The third-order valence-corrected chi connectivity index (χ3v) is 2.44. The first-order chi connectivity index (χ1) is 7.95. The Labute approximate surface area is 102 Å². The van der Waals surface area contributed by atoms with Crippen molar-refractivity contribution < 1.29 is 9.53 Å². The number of benzene rings is 1. The Morgan fingerprint density at radius 2 is 1.94 bits per heavy atom. The molecule has 0 atom stereocenters. The summed E-state index contributed by atoms with van der Waals surface area (Å²) in [6.45, 7) is 4.38. The maximum absolute atomic E-state index is 11.6. The second-order valence-electron chi connectivity index (χ2n) is 4.61. The maximum Gasteiger partial charge on any atom is 0.239 e. The molecule has 1 rings (SSSR count). The van der Waals surface area contributed by atoms with E-state index in [9.17, 15) is 4.79 Å². The average Bonchev–Trinajstić information content (AvgIpc) is 2.26. The summed E-state index contributed by atoms with van der Waals surface area (Å²) in [4.78, 5) is 11.6. The van der Waals surface area contributed by atoms with Gasteiger partial charge in [0.2, 0.25) is 5.91 Å². The van der Waals surface area contributed by atoms with E-state index >= 15 is 0 Å². The van der Waals surface area contributed by atoms with Crippen LogP contribution in [-0.4, -0.2) is 18.6 Å². The van der Waals surface area contributed by atoms with Crippen molar-refractivity contribution >= 4 is 5.91 Å². The van der Waals surface area contributed by atoms with E-state index in [1.54, 1.807) is 21.0 Å². The first-order valence-corrected chi connectivity index (χ1v) is 5.58. The van der Waals surface area contributed by atoms with Crippen LogP contribution in [0.3, 0.4) is 0 Å². The van der Waals surface area contributed by atoms with Crippen molar-refractivity contribution in [2.24, 2.45) is 5.73 Å². The Kier molecular flexibility index (Phi) is 4.66. The van der Waals surface area contributed by atoms with Crippen molar-refractivity contribution in [3.63, 3.8) is 0 Å². The highest BCUT2D eigenvalue weighted by Gasteiger charge is 2.21. The molecule has 0 heterocycles. The number of carbonyl (C=O) groups is 1. The van der Waals surface area contributed by atoms with Crippen LogP contribution in [0.1, 0.15) is 25.0 Å². The van der Waals surface area contributed by atoms with Crippen LogP contribution in [0.15, 0.2) is 24.3 Å². The fourth-order valence-corrected chi connectivity index (χ4v) is 1.43. The third-order valence-electron chi connectivity index (χ3n) is 2.44. The lowest BCUT2D eigenvalue weighted by Gasteiger charge is -2.18. The molecule has 0 spiro atoms. The van der Waals surface area contributed by atoms with Crippen molar-refractivity contribution in [3.05, 3.63) is 35.4 Å². The quantitative estimate of drug-likeness (QED) is 0.807. The van der Waals surface area contributed by atoms with E-state index in [4.69, 9.17) is 10.5 Å². The van der Waals surface area contributed by atoms with Crippen LogP contribution in [0.5, 0.6) is 0 Å². The van der Waals surface area contributed by atoms with Gasteiger partial charge in [0.05, 0.1) is 12.1 Å². The zero-order valence-corrected chi connectivity index (χ0v) is 10.6. The van der Waals surface area contributed by atoms with E-state index in [0.29, 0.717) is 13.2 Å². The van der Waals surface area contributed by atoms with Crippen LogP contribution in [0.4, 0.5) is 0 Å². The Balaban J connectivity index is 2.66. The van der Waals surface area contributed by atoms with E-state index in [0.717, 1.165) is 11.1 Å². The number of methoxy groups -OCH3 is 1. The molecular formula is C13H20N2O2. The smallest absolute Gasteiger partial charge is 0.239 e. The molecule has 1 amide bonds. The van der Waals surface area contributed by atoms with Gasteiger partial charge in [0.25, 0.3) is 0 Å². The van der Waals surface area contributed by atoms with Crippen LogP contribution in [0.2, 0.25) is 0 Å². The van der Waals surface area contributed by atoms with Crippen LogP contribution in [-0.2, 0) is 22.7 Å². The van der Waals surface area contributed by atoms with E-state index < -0.39 is 5.54 Å². The zero-order valence-electron chi connectivity index (χ0n) is 10.6. The van der Waals surface area contributed by atoms with E-state index in [1.165, 1.54) is 0 Å². The molecule has 94 valence electrons. The second-order valence-corrected chi connectivity index (χ2v) is 4.61. The summed E-state index contributed by atoms with van der Waals surface area (Å²) < 4.78 is 5.11.